The molecular weight excluding hydrogens is 268 g/mol. The van der Waals surface area contributed by atoms with Gasteiger partial charge in [0.05, 0.1) is 11.0 Å². The predicted molar refractivity (Wildman–Crippen MR) is 71.7 cm³/mol. The molecule has 0 amide bonds. The fourth-order valence-corrected chi connectivity index (χ4v) is 1.74. The molecule has 0 aliphatic heterocycles. The fourth-order valence-electron chi connectivity index (χ4n) is 1.74. The number of benzene rings is 2. The van der Waals surface area contributed by atoms with E-state index in [0.717, 1.165) is 0 Å². The third kappa shape index (κ3) is 1.88. The molecule has 3 aromatic rings. The zero-order chi connectivity index (χ0) is 12.9. The first-order chi connectivity index (χ1) is 8.59. The molecule has 4 N–H and O–H groups in total. The standard InChI is InChI=1S/C12H4N2O4.2H2O/c15-9-7-8(10(16)12(18)11(9)17)14-6-4-2-1-3-5(6)13-7;;/h1-4H;2*1H2. The van der Waals surface area contributed by atoms with Crippen molar-refractivity contribution in [1.29, 1.82) is 0 Å². The van der Waals surface area contributed by atoms with Crippen molar-refractivity contribution < 1.29 is 11.0 Å². The van der Waals surface area contributed by atoms with Crippen molar-refractivity contribution in [3.63, 3.8) is 0 Å². The molecule has 0 aliphatic rings. The van der Waals surface area contributed by atoms with Gasteiger partial charge in [-0.3, -0.25) is 19.2 Å². The van der Waals surface area contributed by atoms with Crippen LogP contribution < -0.4 is 21.7 Å². The van der Waals surface area contributed by atoms with Gasteiger partial charge >= 0.3 is 0 Å². The van der Waals surface area contributed by atoms with Crippen molar-refractivity contribution >= 4 is 22.1 Å². The van der Waals surface area contributed by atoms with Crippen molar-refractivity contribution in [2.24, 2.45) is 0 Å². The summed E-state index contributed by atoms with van der Waals surface area (Å²) in [5.74, 6) is 0. The molecule has 2 aromatic carbocycles. The number of hydrogen-bond donors (Lipinski definition) is 0. The zero-order valence-corrected chi connectivity index (χ0v) is 9.84. The van der Waals surface area contributed by atoms with Gasteiger partial charge in [-0.2, -0.15) is 0 Å². The Balaban J connectivity index is 0.000001000. The van der Waals surface area contributed by atoms with Crippen LogP contribution >= 0.6 is 0 Å². The average molecular weight is 276 g/mol. The third-order valence-electron chi connectivity index (χ3n) is 2.62. The van der Waals surface area contributed by atoms with Crippen LogP contribution in [-0.2, 0) is 0 Å². The van der Waals surface area contributed by atoms with E-state index >= 15 is 0 Å². The van der Waals surface area contributed by atoms with E-state index in [1.54, 1.807) is 24.3 Å². The minimum absolute atomic E-state index is 0. The van der Waals surface area contributed by atoms with Crippen LogP contribution in [0.15, 0.2) is 43.4 Å². The molecule has 0 aliphatic carbocycles. The lowest BCUT2D eigenvalue weighted by atomic mass is 10.2. The maximum Gasteiger partial charge on any atom is 0.279 e. The lowest BCUT2D eigenvalue weighted by molar-refractivity contribution is 0.823. The summed E-state index contributed by atoms with van der Waals surface area (Å²) in [5.41, 5.74) is -4.76. The maximum absolute atomic E-state index is 11.6. The summed E-state index contributed by atoms with van der Waals surface area (Å²) in [6, 6.07) is 6.57. The Labute approximate surface area is 109 Å². The van der Waals surface area contributed by atoms with Gasteiger partial charge in [0.15, 0.2) is 0 Å². The lowest BCUT2D eigenvalue weighted by Gasteiger charge is -1.97. The number of fused-ring (bicyclic) bond motifs is 2. The Hall–Kier alpha value is -2.84. The van der Waals surface area contributed by atoms with Crippen molar-refractivity contribution in [3.8, 4) is 0 Å². The molecule has 0 fully saturated rings. The summed E-state index contributed by atoms with van der Waals surface area (Å²) >= 11 is 0. The van der Waals surface area contributed by atoms with E-state index in [2.05, 4.69) is 9.97 Å². The van der Waals surface area contributed by atoms with Crippen LogP contribution in [0.2, 0.25) is 0 Å². The number of rotatable bonds is 0. The second-order valence-corrected chi connectivity index (χ2v) is 3.73. The molecule has 8 heteroatoms. The Morgan fingerprint density at radius 2 is 0.950 bits per heavy atom. The molecule has 0 saturated carbocycles. The molecule has 1 aromatic heterocycles. The summed E-state index contributed by atoms with van der Waals surface area (Å²) in [6.45, 7) is 0. The maximum atomic E-state index is 11.6. The van der Waals surface area contributed by atoms with E-state index in [1.807, 2.05) is 0 Å². The van der Waals surface area contributed by atoms with Gasteiger partial charge in [0.2, 0.25) is 0 Å². The first-order valence-corrected chi connectivity index (χ1v) is 5.04. The summed E-state index contributed by atoms with van der Waals surface area (Å²) < 4.78 is 0. The highest BCUT2D eigenvalue weighted by molar-refractivity contribution is 5.85. The minimum atomic E-state index is -1.35. The lowest BCUT2D eigenvalue weighted by Crippen LogP contribution is -2.47. The molecule has 20 heavy (non-hydrogen) atoms. The first kappa shape index (κ1) is 15.2. The average Bonchev–Trinajstić information content (AvgIpc) is 2.41. The van der Waals surface area contributed by atoms with E-state index in [0.29, 0.717) is 11.0 Å². The smallest absolute Gasteiger partial charge is 0.279 e. The normalized spacial score (nSPS) is 10.0. The fraction of sp³-hybridized carbons (Fsp3) is 0. The van der Waals surface area contributed by atoms with Crippen LogP contribution in [-0.4, -0.2) is 20.9 Å². The molecule has 0 saturated heterocycles. The Kier molecular flexibility index (Phi) is 3.83. The molecule has 0 unspecified atom stereocenters. The van der Waals surface area contributed by atoms with E-state index in [4.69, 9.17) is 0 Å². The minimum Gasteiger partial charge on any atom is -0.412 e. The monoisotopic (exact) mass is 276 g/mol. The van der Waals surface area contributed by atoms with Gasteiger partial charge in [-0.1, -0.05) is 12.1 Å². The van der Waals surface area contributed by atoms with Gasteiger partial charge in [0.1, 0.15) is 11.0 Å². The zero-order valence-electron chi connectivity index (χ0n) is 9.84. The quantitative estimate of drug-likeness (QED) is 0.325. The molecular formula is C12H8N2O6. The molecule has 8 nitrogen and oxygen atoms in total. The van der Waals surface area contributed by atoms with Gasteiger partial charge in [-0.25, -0.2) is 9.97 Å². The Morgan fingerprint density at radius 3 is 1.30 bits per heavy atom. The van der Waals surface area contributed by atoms with Crippen LogP contribution in [0.4, 0.5) is 0 Å². The van der Waals surface area contributed by atoms with Crippen LogP contribution in [0.5, 0.6) is 0 Å². The Morgan fingerprint density at radius 1 is 0.600 bits per heavy atom. The van der Waals surface area contributed by atoms with Gasteiger partial charge < -0.3 is 11.0 Å². The van der Waals surface area contributed by atoms with E-state index in [-0.39, 0.29) is 22.0 Å². The highest BCUT2D eigenvalue weighted by Crippen LogP contribution is 2.09. The molecule has 102 valence electrons. The van der Waals surface area contributed by atoms with Gasteiger partial charge in [-0.05, 0) is 12.1 Å². The molecule has 0 spiro atoms. The van der Waals surface area contributed by atoms with Crippen LogP contribution in [0, 0.1) is 0 Å². The number of para-hydroxylation sites is 2. The first-order valence-electron chi connectivity index (χ1n) is 5.04. The Bertz CT molecular complexity index is 923. The van der Waals surface area contributed by atoms with E-state index in [1.165, 1.54) is 0 Å². The van der Waals surface area contributed by atoms with Crippen LogP contribution in [0.1, 0.15) is 0 Å². The number of aromatic nitrogens is 2. The molecule has 0 bridgehead atoms. The van der Waals surface area contributed by atoms with Crippen molar-refractivity contribution in [2.45, 2.75) is 0 Å². The summed E-state index contributed by atoms with van der Waals surface area (Å²) in [4.78, 5) is 53.5. The second kappa shape index (κ2) is 5.03. The van der Waals surface area contributed by atoms with Gasteiger partial charge in [0.25, 0.3) is 21.7 Å². The predicted octanol–water partition coefficient (Wildman–Crippen LogP) is -2.55. The highest BCUT2D eigenvalue weighted by atomic mass is 16.2. The van der Waals surface area contributed by atoms with Gasteiger partial charge in [0, 0.05) is 0 Å². The van der Waals surface area contributed by atoms with Crippen molar-refractivity contribution in [3.05, 3.63) is 65.2 Å². The second-order valence-electron chi connectivity index (χ2n) is 3.73. The summed E-state index contributed by atoms with van der Waals surface area (Å²) in [5, 5.41) is 0. The summed E-state index contributed by atoms with van der Waals surface area (Å²) in [6.07, 6.45) is 0. The molecule has 3 rings (SSSR count). The van der Waals surface area contributed by atoms with E-state index in [9.17, 15) is 19.2 Å². The number of hydrogen-bond acceptors (Lipinski definition) is 6. The topological polar surface area (TPSA) is 157 Å². The third-order valence-corrected chi connectivity index (χ3v) is 2.62. The van der Waals surface area contributed by atoms with Crippen LogP contribution in [0.3, 0.4) is 0 Å². The molecule has 0 atom stereocenters. The van der Waals surface area contributed by atoms with Crippen LogP contribution in [0.25, 0.3) is 22.1 Å². The number of nitrogens with zero attached hydrogens (tertiary/aromatic N) is 2. The van der Waals surface area contributed by atoms with Crippen molar-refractivity contribution in [1.82, 2.24) is 9.97 Å². The SMILES string of the molecule is O.O.O=c1c(=O)c(=O)c2nc3ccccc3nc2c1=O. The highest BCUT2D eigenvalue weighted by Gasteiger charge is 2.15. The van der Waals surface area contributed by atoms with Crippen molar-refractivity contribution in [2.75, 3.05) is 0 Å². The van der Waals surface area contributed by atoms with Gasteiger partial charge in [-0.15, -0.1) is 0 Å². The largest absolute Gasteiger partial charge is 0.412 e. The van der Waals surface area contributed by atoms with E-state index < -0.39 is 21.7 Å². The summed E-state index contributed by atoms with van der Waals surface area (Å²) in [7, 11) is 0. The molecule has 1 heterocycles. The molecule has 0 radical (unpaired) electrons.